The van der Waals surface area contributed by atoms with Gasteiger partial charge < -0.3 is 19.7 Å². The first-order valence-corrected chi connectivity index (χ1v) is 9.47. The van der Waals surface area contributed by atoms with Gasteiger partial charge in [0.1, 0.15) is 11.9 Å². The first-order chi connectivity index (χ1) is 12.7. The average molecular weight is 489 g/mol. The molecule has 0 unspecified atom stereocenters. The smallest absolute Gasteiger partial charge is 0.305 e. The van der Waals surface area contributed by atoms with Crippen LogP contribution in [-0.2, 0) is 9.53 Å². The minimum Gasteiger partial charge on any atom is -0.490 e. The van der Waals surface area contributed by atoms with Gasteiger partial charge in [-0.25, -0.2) is 0 Å². The van der Waals surface area contributed by atoms with E-state index in [1.54, 1.807) is 0 Å². The summed E-state index contributed by atoms with van der Waals surface area (Å²) in [5.41, 5.74) is 0. The second-order valence-corrected chi connectivity index (χ2v) is 6.48. The maximum atomic E-state index is 11.1. The van der Waals surface area contributed by atoms with E-state index in [9.17, 15) is 4.79 Å². The lowest BCUT2D eigenvalue weighted by Crippen LogP contribution is -2.47. The zero-order chi connectivity index (χ0) is 18.6. The number of benzene rings is 1. The van der Waals surface area contributed by atoms with Gasteiger partial charge in [-0.05, 0) is 25.0 Å². The number of unbranched alkanes of at least 4 members (excludes halogenated alkanes) is 2. The van der Waals surface area contributed by atoms with Crippen molar-refractivity contribution in [2.24, 2.45) is 4.99 Å². The first-order valence-electron chi connectivity index (χ1n) is 9.47. The summed E-state index contributed by atoms with van der Waals surface area (Å²) in [5, 5.41) is 3.42. The van der Waals surface area contributed by atoms with Crippen LogP contribution in [0.25, 0.3) is 0 Å². The van der Waals surface area contributed by atoms with E-state index in [0.717, 1.165) is 63.4 Å². The number of hydrogen-bond donors (Lipinski definition) is 1. The SMILES string of the molecule is CN=C(NCCCCCC(=O)OC)N1CCC(Oc2ccccc2)CC1.I. The van der Waals surface area contributed by atoms with Crippen LogP contribution >= 0.6 is 24.0 Å². The van der Waals surface area contributed by atoms with Crippen molar-refractivity contribution >= 4 is 35.9 Å². The monoisotopic (exact) mass is 489 g/mol. The second-order valence-electron chi connectivity index (χ2n) is 6.48. The van der Waals surface area contributed by atoms with Gasteiger partial charge in [0.05, 0.1) is 7.11 Å². The summed E-state index contributed by atoms with van der Waals surface area (Å²) in [7, 11) is 3.26. The highest BCUT2D eigenvalue weighted by Crippen LogP contribution is 2.18. The predicted octanol–water partition coefficient (Wildman–Crippen LogP) is 3.46. The number of piperidine rings is 1. The Balaban J connectivity index is 0.00000364. The van der Waals surface area contributed by atoms with Crippen LogP contribution in [0.15, 0.2) is 35.3 Å². The van der Waals surface area contributed by atoms with Crippen LogP contribution in [0.1, 0.15) is 38.5 Å². The molecule has 0 radical (unpaired) electrons. The normalized spacial score (nSPS) is 15.0. The summed E-state index contributed by atoms with van der Waals surface area (Å²) in [4.78, 5) is 17.8. The Hall–Kier alpha value is -1.51. The fourth-order valence-electron chi connectivity index (χ4n) is 3.08. The van der Waals surface area contributed by atoms with Gasteiger partial charge >= 0.3 is 5.97 Å². The van der Waals surface area contributed by atoms with E-state index in [2.05, 4.69) is 19.9 Å². The van der Waals surface area contributed by atoms with Crippen molar-refractivity contribution in [1.82, 2.24) is 10.2 Å². The molecular formula is C20H32IN3O3. The minimum absolute atomic E-state index is 0. The number of ether oxygens (including phenoxy) is 2. The molecule has 0 atom stereocenters. The molecule has 0 saturated carbocycles. The van der Waals surface area contributed by atoms with E-state index in [4.69, 9.17) is 4.74 Å². The van der Waals surface area contributed by atoms with Crippen LogP contribution in [0.2, 0.25) is 0 Å². The standard InChI is InChI=1S/C20H31N3O3.HI/c1-21-20(22-14-8-4-7-11-19(24)25-2)23-15-12-18(13-16-23)26-17-9-5-3-6-10-17;/h3,5-6,9-10,18H,4,7-8,11-16H2,1-2H3,(H,21,22);1H. The molecule has 0 aromatic heterocycles. The summed E-state index contributed by atoms with van der Waals surface area (Å²) < 4.78 is 10.7. The number of nitrogens with zero attached hydrogens (tertiary/aromatic N) is 2. The Labute approximate surface area is 179 Å². The van der Waals surface area contributed by atoms with Crippen LogP contribution < -0.4 is 10.1 Å². The molecule has 7 heteroatoms. The van der Waals surface area contributed by atoms with Gasteiger partial charge in [-0.3, -0.25) is 9.79 Å². The van der Waals surface area contributed by atoms with Gasteiger partial charge in [-0.15, -0.1) is 24.0 Å². The fraction of sp³-hybridized carbons (Fsp3) is 0.600. The topological polar surface area (TPSA) is 63.2 Å². The number of nitrogens with one attached hydrogen (secondary N) is 1. The molecule has 1 N–H and O–H groups in total. The van der Waals surface area contributed by atoms with Gasteiger partial charge in [-0.2, -0.15) is 0 Å². The maximum Gasteiger partial charge on any atom is 0.305 e. The zero-order valence-corrected chi connectivity index (χ0v) is 18.7. The number of aliphatic imine (C=N–C) groups is 1. The highest BCUT2D eigenvalue weighted by Gasteiger charge is 2.22. The fourth-order valence-corrected chi connectivity index (χ4v) is 3.08. The molecule has 27 heavy (non-hydrogen) atoms. The number of halogens is 1. The van der Waals surface area contributed by atoms with E-state index in [0.29, 0.717) is 6.42 Å². The number of likely N-dealkylation sites (tertiary alicyclic amines) is 1. The van der Waals surface area contributed by atoms with Crippen LogP contribution in [-0.4, -0.2) is 56.7 Å². The number of carbonyl (C=O) groups is 1. The highest BCUT2D eigenvalue weighted by molar-refractivity contribution is 14.0. The van der Waals surface area contributed by atoms with E-state index < -0.39 is 0 Å². The first kappa shape index (κ1) is 23.5. The lowest BCUT2D eigenvalue weighted by molar-refractivity contribution is -0.140. The molecule has 1 fully saturated rings. The maximum absolute atomic E-state index is 11.1. The van der Waals surface area contributed by atoms with Crippen molar-refractivity contribution in [3.05, 3.63) is 30.3 Å². The molecule has 152 valence electrons. The summed E-state index contributed by atoms with van der Waals surface area (Å²) in [6, 6.07) is 10.0. The average Bonchev–Trinajstić information content (AvgIpc) is 2.69. The molecule has 2 rings (SSSR count). The molecule has 1 heterocycles. The molecule has 0 amide bonds. The quantitative estimate of drug-likeness (QED) is 0.199. The Bertz CT molecular complexity index is 561. The van der Waals surface area contributed by atoms with Crippen molar-refractivity contribution in [1.29, 1.82) is 0 Å². The third-order valence-corrected chi connectivity index (χ3v) is 4.57. The van der Waals surface area contributed by atoms with Crippen LogP contribution in [0.3, 0.4) is 0 Å². The van der Waals surface area contributed by atoms with Crippen molar-refractivity contribution in [2.45, 2.75) is 44.6 Å². The summed E-state index contributed by atoms with van der Waals surface area (Å²) >= 11 is 0. The van der Waals surface area contributed by atoms with Crippen LogP contribution in [0, 0.1) is 0 Å². The third kappa shape index (κ3) is 8.81. The number of methoxy groups -OCH3 is 1. The molecule has 6 nitrogen and oxygen atoms in total. The van der Waals surface area contributed by atoms with E-state index in [1.807, 2.05) is 37.4 Å². The zero-order valence-electron chi connectivity index (χ0n) is 16.4. The van der Waals surface area contributed by atoms with Gasteiger partial charge in [0, 0.05) is 45.9 Å². The molecule has 1 aromatic carbocycles. The lowest BCUT2D eigenvalue weighted by Gasteiger charge is -2.34. The summed E-state index contributed by atoms with van der Waals surface area (Å²) in [6.45, 7) is 2.76. The number of para-hydroxylation sites is 1. The Kier molecular flexibility index (Phi) is 11.9. The van der Waals surface area contributed by atoms with Gasteiger partial charge in [0.25, 0.3) is 0 Å². The van der Waals surface area contributed by atoms with Gasteiger partial charge in [-0.1, -0.05) is 24.6 Å². The summed E-state index contributed by atoms with van der Waals surface area (Å²) in [5.74, 6) is 1.77. The molecule has 1 aromatic rings. The lowest BCUT2D eigenvalue weighted by atomic mass is 10.1. The molecule has 1 saturated heterocycles. The minimum atomic E-state index is -0.130. The van der Waals surface area contributed by atoms with Crippen LogP contribution in [0.4, 0.5) is 0 Å². The Morgan fingerprint density at radius 3 is 2.52 bits per heavy atom. The van der Waals surface area contributed by atoms with E-state index in [-0.39, 0.29) is 36.0 Å². The third-order valence-electron chi connectivity index (χ3n) is 4.57. The molecule has 0 spiro atoms. The van der Waals surface area contributed by atoms with Crippen molar-refractivity contribution in [2.75, 3.05) is 33.8 Å². The van der Waals surface area contributed by atoms with Crippen molar-refractivity contribution in [3.63, 3.8) is 0 Å². The predicted molar refractivity (Wildman–Crippen MR) is 119 cm³/mol. The number of hydrogen-bond acceptors (Lipinski definition) is 4. The largest absolute Gasteiger partial charge is 0.490 e. The number of guanidine groups is 1. The molecular weight excluding hydrogens is 457 g/mol. The van der Waals surface area contributed by atoms with Crippen molar-refractivity contribution < 1.29 is 14.3 Å². The van der Waals surface area contributed by atoms with Gasteiger partial charge in [0.2, 0.25) is 0 Å². The number of esters is 1. The van der Waals surface area contributed by atoms with E-state index in [1.165, 1.54) is 7.11 Å². The molecule has 1 aliphatic rings. The highest BCUT2D eigenvalue weighted by atomic mass is 127. The number of rotatable bonds is 8. The molecule has 0 bridgehead atoms. The molecule has 0 aliphatic carbocycles. The Morgan fingerprint density at radius 1 is 1.19 bits per heavy atom. The second kappa shape index (κ2) is 13.6. The van der Waals surface area contributed by atoms with Crippen LogP contribution in [0.5, 0.6) is 5.75 Å². The van der Waals surface area contributed by atoms with E-state index >= 15 is 0 Å². The Morgan fingerprint density at radius 2 is 1.89 bits per heavy atom. The molecule has 1 aliphatic heterocycles. The summed E-state index contributed by atoms with van der Waals surface area (Å²) in [6.07, 6.45) is 5.65. The van der Waals surface area contributed by atoms with Gasteiger partial charge in [0.15, 0.2) is 5.96 Å². The number of carbonyl (C=O) groups excluding carboxylic acids is 1. The van der Waals surface area contributed by atoms with Crippen molar-refractivity contribution in [3.8, 4) is 5.75 Å².